The van der Waals surface area contributed by atoms with Crippen LogP contribution in [0.15, 0.2) is 84.9 Å². The predicted molar refractivity (Wildman–Crippen MR) is 238 cm³/mol. The minimum Gasteiger partial charge on any atom is -0.508 e. The van der Waals surface area contributed by atoms with Crippen molar-refractivity contribution in [2.45, 2.75) is 113 Å². The molecule has 0 unspecified atom stereocenters. The van der Waals surface area contributed by atoms with Gasteiger partial charge in [-0.15, -0.1) is 0 Å². The third-order valence-electron chi connectivity index (χ3n) is 10.3. The van der Waals surface area contributed by atoms with Crippen LogP contribution in [-0.2, 0) is 57.6 Å². The number of hydrogen-bond acceptors (Lipinski definition) is 13. The number of rotatable bonds is 27. The van der Waals surface area contributed by atoms with Crippen LogP contribution in [0, 0.1) is 0 Å². The van der Waals surface area contributed by atoms with E-state index in [1.54, 1.807) is 60.7 Å². The minimum atomic E-state index is -1.92. The fraction of sp³-hybridized carbons (Fsp3) is 0.422. The zero-order valence-corrected chi connectivity index (χ0v) is 36.6. The average molecular weight is 921 g/mol. The average Bonchev–Trinajstić information content (AvgIpc) is 3.26. The molecule has 3 aromatic rings. The number of benzene rings is 3. The first-order chi connectivity index (χ1) is 31.3. The van der Waals surface area contributed by atoms with Crippen LogP contribution in [0.5, 0.6) is 5.75 Å². The lowest BCUT2D eigenvalue weighted by atomic mass is 10.0. The number of aliphatic hydroxyl groups is 2. The van der Waals surface area contributed by atoms with Gasteiger partial charge >= 0.3 is 11.9 Å². The molecule has 21 nitrogen and oxygen atoms in total. The molecule has 0 spiro atoms. The number of carbonyl (C=O) groups excluding carboxylic acids is 6. The van der Waals surface area contributed by atoms with Gasteiger partial charge in [-0.2, -0.15) is 0 Å². The number of carboxylic acid groups (broad SMARTS) is 2. The number of phenolic OH excluding ortho intramolecular Hbond substituents is 1. The number of nitrogens with two attached hydrogens (primary N) is 2. The molecule has 0 heterocycles. The maximum absolute atomic E-state index is 14.2. The fourth-order valence-corrected chi connectivity index (χ4v) is 6.63. The second kappa shape index (κ2) is 26.8. The molecule has 6 amide bonds. The number of carboxylic acids is 2. The maximum atomic E-state index is 14.2. The number of hydrogen-bond donors (Lipinski definition) is 13. The largest absolute Gasteiger partial charge is 0.508 e. The van der Waals surface area contributed by atoms with Gasteiger partial charge in [0, 0.05) is 12.8 Å². The molecule has 21 heteroatoms. The predicted octanol–water partition coefficient (Wildman–Crippen LogP) is -1.89. The zero-order valence-electron chi connectivity index (χ0n) is 36.6. The lowest BCUT2D eigenvalue weighted by molar-refractivity contribution is -0.145. The summed E-state index contributed by atoms with van der Waals surface area (Å²) in [7, 11) is 0. The van der Waals surface area contributed by atoms with Crippen LogP contribution in [0.3, 0.4) is 0 Å². The Morgan fingerprint density at radius 1 is 0.515 bits per heavy atom. The second-order valence-corrected chi connectivity index (χ2v) is 15.8. The van der Waals surface area contributed by atoms with Crippen molar-refractivity contribution in [2.24, 2.45) is 11.5 Å². The number of phenols is 1. The molecule has 0 radical (unpaired) electrons. The van der Waals surface area contributed by atoms with E-state index in [4.69, 9.17) is 11.5 Å². The summed E-state index contributed by atoms with van der Waals surface area (Å²) in [6.07, 6.45) is -3.91. The van der Waals surface area contributed by atoms with E-state index in [-0.39, 0.29) is 44.4 Å². The highest BCUT2D eigenvalue weighted by Gasteiger charge is 2.36. The van der Waals surface area contributed by atoms with E-state index in [1.165, 1.54) is 24.3 Å². The zero-order chi connectivity index (χ0) is 48.9. The van der Waals surface area contributed by atoms with Crippen molar-refractivity contribution in [1.29, 1.82) is 0 Å². The number of aromatic hydroxyl groups is 1. The molecule has 3 aromatic carbocycles. The molecule has 0 aromatic heterocycles. The summed E-state index contributed by atoms with van der Waals surface area (Å²) < 4.78 is 0. The molecule has 3 rings (SSSR count). The number of carbonyl (C=O) groups is 8. The molecule has 0 bridgehead atoms. The van der Waals surface area contributed by atoms with E-state index in [0.29, 0.717) is 17.5 Å². The Hall–Kier alpha value is -6.94. The van der Waals surface area contributed by atoms with Crippen molar-refractivity contribution >= 4 is 47.4 Å². The minimum absolute atomic E-state index is 0.0357. The van der Waals surface area contributed by atoms with Gasteiger partial charge in [-0.1, -0.05) is 72.8 Å². The molecular formula is C45H60N8O13. The molecule has 0 fully saturated rings. The summed E-state index contributed by atoms with van der Waals surface area (Å²) >= 11 is 0. The van der Waals surface area contributed by atoms with Gasteiger partial charge in [0.15, 0.2) is 6.04 Å². The van der Waals surface area contributed by atoms with Gasteiger partial charge in [-0.05, 0) is 74.9 Å². The van der Waals surface area contributed by atoms with Gasteiger partial charge in [-0.3, -0.25) is 33.6 Å². The van der Waals surface area contributed by atoms with E-state index in [0.717, 1.165) is 19.4 Å². The molecule has 0 saturated carbocycles. The second-order valence-electron chi connectivity index (χ2n) is 15.8. The number of aliphatic carboxylic acids is 2. The Morgan fingerprint density at radius 3 is 1.44 bits per heavy atom. The van der Waals surface area contributed by atoms with Gasteiger partial charge in [0.05, 0.1) is 24.7 Å². The van der Waals surface area contributed by atoms with Crippen molar-refractivity contribution in [3.63, 3.8) is 0 Å². The highest BCUT2D eigenvalue weighted by molar-refractivity contribution is 5.98. The summed E-state index contributed by atoms with van der Waals surface area (Å²) in [6, 6.07) is 12.3. The number of nitrogens with one attached hydrogen (secondary N) is 6. The third-order valence-corrected chi connectivity index (χ3v) is 10.3. The van der Waals surface area contributed by atoms with Gasteiger partial charge < -0.3 is 68.9 Å². The van der Waals surface area contributed by atoms with Crippen LogP contribution in [-0.4, -0.2) is 134 Å². The van der Waals surface area contributed by atoms with Crippen LogP contribution in [0.1, 0.15) is 56.2 Å². The number of unbranched alkanes of at least 4 members (excludes halogenated alkanes) is 1. The van der Waals surface area contributed by atoms with Crippen LogP contribution in [0.25, 0.3) is 0 Å². The van der Waals surface area contributed by atoms with Crippen LogP contribution in [0.2, 0.25) is 0 Å². The first-order valence-corrected chi connectivity index (χ1v) is 21.2. The van der Waals surface area contributed by atoms with E-state index < -0.39 is 108 Å². The van der Waals surface area contributed by atoms with Gasteiger partial charge in [0.1, 0.15) is 36.0 Å². The Kier molecular flexibility index (Phi) is 21.6. The van der Waals surface area contributed by atoms with Crippen LogP contribution in [0.4, 0.5) is 0 Å². The van der Waals surface area contributed by atoms with Crippen LogP contribution >= 0.6 is 0 Å². The molecule has 66 heavy (non-hydrogen) atoms. The smallest absolute Gasteiger partial charge is 0.328 e. The Bertz CT molecular complexity index is 2090. The van der Waals surface area contributed by atoms with Crippen molar-refractivity contribution in [1.82, 2.24) is 31.9 Å². The summed E-state index contributed by atoms with van der Waals surface area (Å²) in [5, 5.41) is 63.9. The first-order valence-electron chi connectivity index (χ1n) is 21.2. The standard InChI is InChI=1S/C45H60N8O13/c1-25(54)37(44(64)51-35(24-36(57)58)42(62)48-32(15-9-10-20-46)40(60)53-38(26(2)55)45(65)66)52-43(63)34(23-29-16-18-30(56)19-17-29)50-41(61)33(22-28-13-7-4-8-14-28)49-39(59)31(47)21-27-11-5-3-6-12-27/h3-8,11-14,16-19,25-26,31-35,37-38,54-56H,9-10,15,20-24,46-47H2,1-2H3,(H,48,62)(H,49,59)(H,50,61)(H,51,64)(H,52,63)(H,53,60)(H,57,58)(H,65,66)/t25-,26-,31+,32+,33+,34+,35+,37+,38+/m1/s1. The Morgan fingerprint density at radius 2 is 0.939 bits per heavy atom. The van der Waals surface area contributed by atoms with Crippen molar-refractivity contribution in [3.8, 4) is 5.75 Å². The van der Waals surface area contributed by atoms with Crippen molar-refractivity contribution < 1.29 is 63.9 Å². The third kappa shape index (κ3) is 17.9. The topological polar surface area (TPSA) is 362 Å². The van der Waals surface area contributed by atoms with Gasteiger partial charge in [0.25, 0.3) is 0 Å². The molecule has 9 atom stereocenters. The van der Waals surface area contributed by atoms with Gasteiger partial charge in [-0.25, -0.2) is 4.79 Å². The fourth-order valence-electron chi connectivity index (χ4n) is 6.63. The van der Waals surface area contributed by atoms with E-state index in [1.807, 2.05) is 0 Å². The normalized spacial score (nSPS) is 15.1. The monoisotopic (exact) mass is 920 g/mol. The molecule has 0 saturated heterocycles. The van der Waals surface area contributed by atoms with Crippen molar-refractivity contribution in [2.75, 3.05) is 6.54 Å². The number of amides is 6. The molecule has 0 aliphatic rings. The van der Waals surface area contributed by atoms with Crippen molar-refractivity contribution in [3.05, 3.63) is 102 Å². The van der Waals surface area contributed by atoms with E-state index >= 15 is 0 Å². The quantitative estimate of drug-likeness (QED) is 0.0372. The highest BCUT2D eigenvalue weighted by Crippen LogP contribution is 2.14. The summed E-state index contributed by atoms with van der Waals surface area (Å²) in [4.78, 5) is 106. The molecule has 358 valence electrons. The lowest BCUT2D eigenvalue weighted by Gasteiger charge is -2.28. The summed E-state index contributed by atoms with van der Waals surface area (Å²) in [6.45, 7) is 2.44. The van der Waals surface area contributed by atoms with E-state index in [2.05, 4.69) is 31.9 Å². The first kappa shape index (κ1) is 53.4. The summed E-state index contributed by atoms with van der Waals surface area (Å²) in [5.74, 6) is -9.27. The van der Waals surface area contributed by atoms with Gasteiger partial charge in [0.2, 0.25) is 35.4 Å². The molecule has 0 aliphatic heterocycles. The Labute approximate surface area is 381 Å². The molecule has 0 aliphatic carbocycles. The lowest BCUT2D eigenvalue weighted by Crippen LogP contribution is -2.62. The summed E-state index contributed by atoms with van der Waals surface area (Å²) in [5.41, 5.74) is 13.7. The SMILES string of the molecule is C[C@@H](O)[C@H](NC(=O)[C@H](CCCCN)NC(=O)[C@H](CC(=O)O)NC(=O)[C@@H](NC(=O)[C@H](Cc1ccc(O)cc1)NC(=O)[C@H](Cc1ccccc1)NC(=O)[C@@H](N)Cc1ccccc1)[C@@H](C)O)C(=O)O. The highest BCUT2D eigenvalue weighted by atomic mass is 16.4. The van der Waals surface area contributed by atoms with E-state index in [9.17, 15) is 63.9 Å². The Balaban J connectivity index is 1.89. The number of aliphatic hydroxyl groups excluding tert-OH is 2. The molecular weight excluding hydrogens is 861 g/mol. The molecule has 15 N–H and O–H groups in total. The van der Waals surface area contributed by atoms with Crippen LogP contribution < -0.4 is 43.4 Å². The maximum Gasteiger partial charge on any atom is 0.328 e.